The molecular formula is C23H23F3N4O2. The van der Waals surface area contributed by atoms with Gasteiger partial charge in [0.2, 0.25) is 5.91 Å². The number of alkyl halides is 3. The zero-order chi connectivity index (χ0) is 23.1. The average Bonchev–Trinajstić information content (AvgIpc) is 3.14. The predicted octanol–water partition coefficient (Wildman–Crippen LogP) is 4.10. The van der Waals surface area contributed by atoms with E-state index < -0.39 is 23.2 Å². The van der Waals surface area contributed by atoms with Crippen molar-refractivity contribution >= 4 is 23.7 Å². The van der Waals surface area contributed by atoms with E-state index in [0.29, 0.717) is 54.0 Å². The lowest BCUT2D eigenvalue weighted by Crippen LogP contribution is -2.37. The van der Waals surface area contributed by atoms with Crippen LogP contribution in [0.5, 0.6) is 0 Å². The first-order valence-electron chi connectivity index (χ1n) is 10.5. The van der Waals surface area contributed by atoms with E-state index >= 15 is 0 Å². The van der Waals surface area contributed by atoms with Gasteiger partial charge in [-0.15, -0.1) is 0 Å². The fourth-order valence-electron chi connectivity index (χ4n) is 4.17. The van der Waals surface area contributed by atoms with E-state index in [0.717, 1.165) is 12.1 Å². The molecule has 0 radical (unpaired) electrons. The van der Waals surface area contributed by atoms with Gasteiger partial charge in [-0.1, -0.05) is 19.1 Å². The highest BCUT2D eigenvalue weighted by Gasteiger charge is 2.41. The summed E-state index contributed by atoms with van der Waals surface area (Å²) in [7, 11) is 0. The number of anilines is 1. The molecule has 2 aromatic rings. The van der Waals surface area contributed by atoms with Crippen molar-refractivity contribution < 1.29 is 22.8 Å². The third-order valence-electron chi connectivity index (χ3n) is 6.34. The summed E-state index contributed by atoms with van der Waals surface area (Å²) in [6, 6.07) is 4.13. The van der Waals surface area contributed by atoms with Crippen molar-refractivity contribution in [2.75, 3.05) is 18.4 Å². The summed E-state index contributed by atoms with van der Waals surface area (Å²) in [5.41, 5.74) is 0.549. The number of benzene rings is 1. The summed E-state index contributed by atoms with van der Waals surface area (Å²) in [5.74, 6) is 0.0999. The van der Waals surface area contributed by atoms with Crippen LogP contribution in [0.15, 0.2) is 35.5 Å². The van der Waals surface area contributed by atoms with E-state index in [2.05, 4.69) is 20.6 Å². The number of hydrogen-bond acceptors (Lipinski definition) is 5. The Morgan fingerprint density at radius 1 is 1.22 bits per heavy atom. The number of Topliss-reactive ketones (excluding diaryl/α,β-unsaturated/α-hetero) is 1. The minimum absolute atomic E-state index is 0.0241. The molecule has 1 amide bonds. The van der Waals surface area contributed by atoms with Gasteiger partial charge >= 0.3 is 6.18 Å². The first-order valence-corrected chi connectivity index (χ1v) is 10.5. The van der Waals surface area contributed by atoms with Gasteiger partial charge in [-0.3, -0.25) is 14.6 Å². The van der Waals surface area contributed by atoms with Gasteiger partial charge < -0.3 is 10.6 Å². The average molecular weight is 444 g/mol. The SMILES string of the molecule is CCC1(CNc2ncc(-c3ccc(C(F)(F)F)cc3)c3c2C(=O)C(C)N=C3)CCNC1=O. The minimum atomic E-state index is -4.43. The van der Waals surface area contributed by atoms with Gasteiger partial charge in [0.1, 0.15) is 11.9 Å². The Hall–Kier alpha value is -3.23. The maximum Gasteiger partial charge on any atom is 0.416 e. The van der Waals surface area contributed by atoms with Crippen LogP contribution in [0.1, 0.15) is 48.2 Å². The summed E-state index contributed by atoms with van der Waals surface area (Å²) in [6.07, 6.45) is -0.0133. The van der Waals surface area contributed by atoms with Crippen LogP contribution in [0.25, 0.3) is 11.1 Å². The molecule has 1 aromatic carbocycles. The van der Waals surface area contributed by atoms with Crippen LogP contribution in [0, 0.1) is 5.41 Å². The molecule has 2 atom stereocenters. The molecule has 2 aliphatic heterocycles. The number of amides is 1. The predicted molar refractivity (Wildman–Crippen MR) is 115 cm³/mol. The maximum absolute atomic E-state index is 13.0. The molecule has 9 heteroatoms. The number of aromatic nitrogens is 1. The van der Waals surface area contributed by atoms with Crippen molar-refractivity contribution in [2.24, 2.45) is 10.4 Å². The third kappa shape index (κ3) is 3.76. The Morgan fingerprint density at radius 2 is 1.94 bits per heavy atom. The number of ketones is 1. The van der Waals surface area contributed by atoms with E-state index in [4.69, 9.17) is 0 Å². The lowest BCUT2D eigenvalue weighted by Gasteiger charge is -2.27. The van der Waals surface area contributed by atoms with E-state index in [1.165, 1.54) is 18.3 Å². The standard InChI is InChI=1S/C23H23F3N4O2/c1-3-22(8-9-27-21(22)32)12-30-20-18-17(11-28-13(2)19(18)31)16(10-29-20)14-4-6-15(7-5-14)23(24,25)26/h4-7,10-11,13H,3,8-9,12H2,1-2H3,(H,27,32)(H,29,30). The zero-order valence-electron chi connectivity index (χ0n) is 17.7. The summed E-state index contributed by atoms with van der Waals surface area (Å²) in [4.78, 5) is 34.0. The number of fused-ring (bicyclic) bond motifs is 1. The summed E-state index contributed by atoms with van der Waals surface area (Å²) < 4.78 is 38.8. The summed E-state index contributed by atoms with van der Waals surface area (Å²) in [5, 5.41) is 6.05. The second kappa shape index (κ2) is 8.03. The molecule has 3 heterocycles. The number of pyridine rings is 1. The van der Waals surface area contributed by atoms with Crippen LogP contribution >= 0.6 is 0 Å². The largest absolute Gasteiger partial charge is 0.416 e. The molecule has 4 rings (SSSR count). The second-order valence-electron chi connectivity index (χ2n) is 8.20. The first-order chi connectivity index (χ1) is 15.2. The molecule has 2 aliphatic rings. The quantitative estimate of drug-likeness (QED) is 0.728. The van der Waals surface area contributed by atoms with Crippen LogP contribution in [0.2, 0.25) is 0 Å². The van der Waals surface area contributed by atoms with Crippen molar-refractivity contribution in [3.8, 4) is 11.1 Å². The maximum atomic E-state index is 13.0. The zero-order valence-corrected chi connectivity index (χ0v) is 17.7. The first kappa shape index (κ1) is 22.0. The Bertz CT molecular complexity index is 1100. The normalized spacial score (nSPS) is 22.6. The molecule has 0 bridgehead atoms. The number of nitrogens with one attached hydrogen (secondary N) is 2. The van der Waals surface area contributed by atoms with Gasteiger partial charge in [0.15, 0.2) is 5.78 Å². The molecule has 6 nitrogen and oxygen atoms in total. The number of aliphatic imine (C=N–C) groups is 1. The molecule has 32 heavy (non-hydrogen) atoms. The third-order valence-corrected chi connectivity index (χ3v) is 6.34. The topological polar surface area (TPSA) is 83.4 Å². The van der Waals surface area contributed by atoms with Gasteiger partial charge in [-0.2, -0.15) is 13.2 Å². The number of hydrogen-bond donors (Lipinski definition) is 2. The number of nitrogens with zero attached hydrogens (tertiary/aromatic N) is 2. The highest BCUT2D eigenvalue weighted by atomic mass is 19.4. The van der Waals surface area contributed by atoms with E-state index in [9.17, 15) is 22.8 Å². The summed E-state index contributed by atoms with van der Waals surface area (Å²) >= 11 is 0. The van der Waals surface area contributed by atoms with E-state index in [1.54, 1.807) is 13.1 Å². The Kier molecular flexibility index (Phi) is 5.52. The van der Waals surface area contributed by atoms with Crippen LogP contribution in [-0.2, 0) is 11.0 Å². The minimum Gasteiger partial charge on any atom is -0.368 e. The number of rotatable bonds is 5. The van der Waals surface area contributed by atoms with Gasteiger partial charge in [0.25, 0.3) is 0 Å². The Balaban J connectivity index is 1.72. The van der Waals surface area contributed by atoms with Gasteiger partial charge in [0.05, 0.1) is 16.5 Å². The molecule has 0 saturated carbocycles. The molecule has 0 spiro atoms. The van der Waals surface area contributed by atoms with Crippen LogP contribution in [-0.4, -0.2) is 42.0 Å². The lowest BCUT2D eigenvalue weighted by atomic mass is 9.83. The van der Waals surface area contributed by atoms with Crippen LogP contribution < -0.4 is 10.6 Å². The number of carbonyl (C=O) groups is 2. The van der Waals surface area contributed by atoms with Crippen molar-refractivity contribution in [3.05, 3.63) is 47.2 Å². The molecule has 1 aromatic heterocycles. The van der Waals surface area contributed by atoms with Crippen LogP contribution in [0.4, 0.5) is 19.0 Å². The molecule has 2 N–H and O–H groups in total. The molecule has 1 fully saturated rings. The molecule has 168 valence electrons. The molecule has 0 aliphatic carbocycles. The fraction of sp³-hybridized carbons (Fsp3) is 0.391. The fourth-order valence-corrected chi connectivity index (χ4v) is 4.17. The molecule has 1 saturated heterocycles. The van der Waals surface area contributed by atoms with Crippen LogP contribution in [0.3, 0.4) is 0 Å². The van der Waals surface area contributed by atoms with Crippen molar-refractivity contribution in [2.45, 2.75) is 38.9 Å². The van der Waals surface area contributed by atoms with Crippen molar-refractivity contribution in [1.29, 1.82) is 0 Å². The van der Waals surface area contributed by atoms with Gasteiger partial charge in [0, 0.05) is 36.6 Å². The second-order valence-corrected chi connectivity index (χ2v) is 8.20. The highest BCUT2D eigenvalue weighted by Crippen LogP contribution is 2.36. The monoisotopic (exact) mass is 444 g/mol. The van der Waals surface area contributed by atoms with E-state index in [1.807, 2.05) is 6.92 Å². The van der Waals surface area contributed by atoms with E-state index in [-0.39, 0.29) is 11.7 Å². The highest BCUT2D eigenvalue weighted by molar-refractivity contribution is 6.15. The molecule has 2 unspecified atom stereocenters. The Labute approximate surface area is 183 Å². The van der Waals surface area contributed by atoms with Crippen molar-refractivity contribution in [1.82, 2.24) is 10.3 Å². The van der Waals surface area contributed by atoms with Crippen molar-refractivity contribution in [3.63, 3.8) is 0 Å². The lowest BCUT2D eigenvalue weighted by molar-refractivity contribution is -0.137. The smallest absolute Gasteiger partial charge is 0.368 e. The van der Waals surface area contributed by atoms with Gasteiger partial charge in [-0.25, -0.2) is 4.98 Å². The summed E-state index contributed by atoms with van der Waals surface area (Å²) in [6.45, 7) is 4.56. The van der Waals surface area contributed by atoms with Gasteiger partial charge in [-0.05, 0) is 37.5 Å². The Morgan fingerprint density at radius 3 is 2.53 bits per heavy atom. The number of halogens is 3. The molecular weight excluding hydrogens is 421 g/mol. The number of carbonyl (C=O) groups excluding carboxylic acids is 2.